The smallest absolute Gasteiger partial charge is 0.120 e. The van der Waals surface area contributed by atoms with E-state index in [1.165, 1.54) is 12.8 Å². The fraction of sp³-hybridized carbons (Fsp3) is 0.889. The van der Waals surface area contributed by atoms with Crippen molar-refractivity contribution in [2.24, 2.45) is 5.73 Å². The van der Waals surface area contributed by atoms with E-state index in [9.17, 15) is 0 Å². The number of rotatable bonds is 7. The van der Waals surface area contributed by atoms with E-state index in [2.05, 4.69) is 6.92 Å². The zero-order valence-electron chi connectivity index (χ0n) is 8.10. The highest BCUT2D eigenvalue weighted by Gasteiger charge is 2.08. The molecule has 3 nitrogen and oxygen atoms in total. The largest absolute Gasteiger partial charge is 0.385 e. The van der Waals surface area contributed by atoms with E-state index in [4.69, 9.17) is 15.9 Å². The van der Waals surface area contributed by atoms with Crippen LogP contribution in [0.3, 0.4) is 0 Å². The molecule has 0 aromatic rings. The predicted octanol–water partition coefficient (Wildman–Crippen LogP) is 1.91. The van der Waals surface area contributed by atoms with Crippen LogP contribution in [0.4, 0.5) is 0 Å². The third-order valence-corrected chi connectivity index (χ3v) is 1.78. The topological polar surface area (TPSA) is 59.1 Å². The lowest BCUT2D eigenvalue weighted by Gasteiger charge is -2.13. The molecule has 12 heavy (non-hydrogen) atoms. The van der Waals surface area contributed by atoms with Crippen molar-refractivity contribution in [3.8, 4) is 0 Å². The lowest BCUT2D eigenvalue weighted by molar-refractivity contribution is 0.0908. The average molecular weight is 172 g/mol. The Morgan fingerprint density at radius 1 is 1.42 bits per heavy atom. The molecule has 0 saturated heterocycles. The van der Waals surface area contributed by atoms with E-state index >= 15 is 0 Å². The third-order valence-electron chi connectivity index (χ3n) is 1.78. The molecule has 0 spiro atoms. The van der Waals surface area contributed by atoms with E-state index in [1.54, 1.807) is 0 Å². The Labute approximate surface area is 74.8 Å². The zero-order chi connectivity index (χ0) is 9.40. The van der Waals surface area contributed by atoms with Crippen LogP contribution in [0.25, 0.3) is 0 Å². The first-order valence-electron chi connectivity index (χ1n) is 4.67. The van der Waals surface area contributed by atoms with Crippen LogP contribution in [0, 0.1) is 5.41 Å². The van der Waals surface area contributed by atoms with Crippen molar-refractivity contribution in [2.45, 2.75) is 45.6 Å². The van der Waals surface area contributed by atoms with Crippen molar-refractivity contribution in [1.82, 2.24) is 0 Å². The van der Waals surface area contributed by atoms with Crippen LogP contribution in [-0.4, -0.2) is 18.5 Å². The van der Waals surface area contributed by atoms with E-state index < -0.39 is 0 Å². The zero-order valence-corrected chi connectivity index (χ0v) is 8.10. The predicted molar refractivity (Wildman–Crippen MR) is 51.5 cm³/mol. The molecule has 0 amide bonds. The second-order valence-corrected chi connectivity index (χ2v) is 2.93. The van der Waals surface area contributed by atoms with Gasteiger partial charge in [-0.05, 0) is 12.8 Å². The summed E-state index contributed by atoms with van der Waals surface area (Å²) in [5.41, 5.74) is 5.32. The van der Waals surface area contributed by atoms with E-state index in [0.29, 0.717) is 0 Å². The van der Waals surface area contributed by atoms with Gasteiger partial charge in [-0.2, -0.15) is 0 Å². The highest BCUT2D eigenvalue weighted by atomic mass is 16.5. The SMILES string of the molecule is CCCCCOC(CC)C(=N)N. The van der Waals surface area contributed by atoms with Crippen molar-refractivity contribution in [3.63, 3.8) is 0 Å². The number of nitrogens with one attached hydrogen (secondary N) is 1. The molecule has 0 aliphatic carbocycles. The van der Waals surface area contributed by atoms with Crippen LogP contribution in [0.15, 0.2) is 0 Å². The third kappa shape index (κ3) is 5.13. The number of ether oxygens (including phenoxy) is 1. The molecule has 0 aromatic heterocycles. The van der Waals surface area contributed by atoms with Gasteiger partial charge in [0.1, 0.15) is 11.9 Å². The Kier molecular flexibility index (Phi) is 6.76. The van der Waals surface area contributed by atoms with Gasteiger partial charge in [0, 0.05) is 6.61 Å². The molecule has 3 heteroatoms. The first-order valence-corrected chi connectivity index (χ1v) is 4.67. The van der Waals surface area contributed by atoms with Gasteiger partial charge in [0.15, 0.2) is 0 Å². The summed E-state index contributed by atoms with van der Waals surface area (Å²) in [6.45, 7) is 4.86. The minimum absolute atomic E-state index is 0.147. The highest BCUT2D eigenvalue weighted by molar-refractivity contribution is 5.81. The molecule has 72 valence electrons. The molecule has 3 N–H and O–H groups in total. The van der Waals surface area contributed by atoms with Gasteiger partial charge in [-0.1, -0.05) is 26.7 Å². The molecular formula is C9H20N2O. The second-order valence-electron chi connectivity index (χ2n) is 2.93. The Hall–Kier alpha value is -0.570. The van der Waals surface area contributed by atoms with Gasteiger partial charge in [-0.25, -0.2) is 0 Å². The average Bonchev–Trinajstić information content (AvgIpc) is 2.04. The van der Waals surface area contributed by atoms with Crippen LogP contribution in [-0.2, 0) is 4.74 Å². The number of hydrogen-bond donors (Lipinski definition) is 2. The Morgan fingerprint density at radius 3 is 2.50 bits per heavy atom. The Bertz CT molecular complexity index is 126. The maximum absolute atomic E-state index is 7.18. The summed E-state index contributed by atoms with van der Waals surface area (Å²) >= 11 is 0. The fourth-order valence-electron chi connectivity index (χ4n) is 1.01. The molecule has 0 saturated carbocycles. The summed E-state index contributed by atoms with van der Waals surface area (Å²) in [4.78, 5) is 0. The maximum Gasteiger partial charge on any atom is 0.120 e. The minimum Gasteiger partial charge on any atom is -0.385 e. The number of hydrogen-bond acceptors (Lipinski definition) is 2. The highest BCUT2D eigenvalue weighted by Crippen LogP contribution is 2.00. The molecule has 0 fully saturated rings. The summed E-state index contributed by atoms with van der Waals surface area (Å²) in [6, 6.07) is 0. The number of amidine groups is 1. The first-order chi connectivity index (χ1) is 5.72. The van der Waals surface area contributed by atoms with Crippen molar-refractivity contribution >= 4 is 5.84 Å². The maximum atomic E-state index is 7.18. The lowest BCUT2D eigenvalue weighted by Crippen LogP contribution is -2.30. The molecule has 1 atom stereocenters. The standard InChI is InChI=1S/C9H20N2O/c1-3-5-6-7-12-8(4-2)9(10)11/h8H,3-7H2,1-2H3,(H3,10,11). The van der Waals surface area contributed by atoms with Gasteiger partial charge < -0.3 is 10.5 Å². The molecule has 0 aromatic carbocycles. The summed E-state index contributed by atoms with van der Waals surface area (Å²) in [7, 11) is 0. The number of nitrogens with two attached hydrogens (primary N) is 1. The van der Waals surface area contributed by atoms with Gasteiger partial charge in [0.25, 0.3) is 0 Å². The van der Waals surface area contributed by atoms with Crippen LogP contribution in [0.5, 0.6) is 0 Å². The Balaban J connectivity index is 3.38. The van der Waals surface area contributed by atoms with E-state index in [-0.39, 0.29) is 11.9 Å². The van der Waals surface area contributed by atoms with Crippen LogP contribution >= 0.6 is 0 Å². The van der Waals surface area contributed by atoms with E-state index in [0.717, 1.165) is 19.4 Å². The van der Waals surface area contributed by atoms with Gasteiger partial charge in [-0.15, -0.1) is 0 Å². The second kappa shape index (κ2) is 7.10. The molecule has 1 unspecified atom stereocenters. The quantitative estimate of drug-likeness (QED) is 0.350. The van der Waals surface area contributed by atoms with Crippen molar-refractivity contribution < 1.29 is 4.74 Å². The van der Waals surface area contributed by atoms with Crippen molar-refractivity contribution in [3.05, 3.63) is 0 Å². The van der Waals surface area contributed by atoms with Gasteiger partial charge in [-0.3, -0.25) is 5.41 Å². The van der Waals surface area contributed by atoms with Crippen molar-refractivity contribution in [1.29, 1.82) is 5.41 Å². The summed E-state index contributed by atoms with van der Waals surface area (Å²) < 4.78 is 5.41. The van der Waals surface area contributed by atoms with Crippen LogP contribution in [0.2, 0.25) is 0 Å². The first kappa shape index (κ1) is 11.4. The Morgan fingerprint density at radius 2 is 2.08 bits per heavy atom. The monoisotopic (exact) mass is 172 g/mol. The molecule has 0 bridgehead atoms. The fourth-order valence-corrected chi connectivity index (χ4v) is 1.01. The van der Waals surface area contributed by atoms with Crippen molar-refractivity contribution in [2.75, 3.05) is 6.61 Å². The number of unbranched alkanes of at least 4 members (excludes halogenated alkanes) is 2. The van der Waals surface area contributed by atoms with Gasteiger partial charge in [0.2, 0.25) is 0 Å². The molecule has 0 radical (unpaired) electrons. The van der Waals surface area contributed by atoms with Crippen LogP contribution in [0.1, 0.15) is 39.5 Å². The lowest BCUT2D eigenvalue weighted by atomic mass is 10.2. The van der Waals surface area contributed by atoms with E-state index in [1.807, 2.05) is 6.92 Å². The molecule has 0 heterocycles. The normalized spacial score (nSPS) is 12.8. The molecule has 0 rings (SSSR count). The van der Waals surface area contributed by atoms with Gasteiger partial charge in [0.05, 0.1) is 0 Å². The summed E-state index contributed by atoms with van der Waals surface area (Å²) in [5.74, 6) is 0.147. The summed E-state index contributed by atoms with van der Waals surface area (Å²) in [5, 5.41) is 7.18. The summed E-state index contributed by atoms with van der Waals surface area (Å²) in [6.07, 6.45) is 4.08. The molecule has 0 aliphatic heterocycles. The van der Waals surface area contributed by atoms with Crippen LogP contribution < -0.4 is 5.73 Å². The van der Waals surface area contributed by atoms with Gasteiger partial charge >= 0.3 is 0 Å². The molecule has 0 aliphatic rings. The minimum atomic E-state index is -0.165. The molecular weight excluding hydrogens is 152 g/mol.